The van der Waals surface area contributed by atoms with Crippen LogP contribution in [0, 0.1) is 0 Å². The Morgan fingerprint density at radius 2 is 1.80 bits per heavy atom. The van der Waals surface area contributed by atoms with Crippen LogP contribution in [-0.4, -0.2) is 5.78 Å². The quantitative estimate of drug-likeness (QED) is 0.632. The molecule has 0 aromatic heterocycles. The molecular formula is C17H16BrClO. The lowest BCUT2D eigenvalue weighted by molar-refractivity contribution is 0.103. The van der Waals surface area contributed by atoms with Gasteiger partial charge in [0.25, 0.3) is 0 Å². The fourth-order valence-electron chi connectivity index (χ4n) is 2.05. The normalized spacial score (nSPS) is 12.2. The van der Waals surface area contributed by atoms with E-state index < -0.39 is 0 Å². The monoisotopic (exact) mass is 350 g/mol. The van der Waals surface area contributed by atoms with E-state index in [0.29, 0.717) is 22.1 Å². The Morgan fingerprint density at radius 1 is 1.15 bits per heavy atom. The molecule has 2 rings (SSSR count). The van der Waals surface area contributed by atoms with Crippen LogP contribution in [0.2, 0.25) is 5.02 Å². The zero-order valence-corrected chi connectivity index (χ0v) is 13.8. The second-order valence-corrected chi connectivity index (χ2v) is 6.27. The molecule has 0 N–H and O–H groups in total. The van der Waals surface area contributed by atoms with Crippen LogP contribution in [0.25, 0.3) is 0 Å². The second kappa shape index (κ2) is 6.55. The lowest BCUT2D eigenvalue weighted by Gasteiger charge is -2.09. The maximum absolute atomic E-state index is 12.4. The van der Waals surface area contributed by atoms with Crippen LogP contribution >= 0.6 is 27.5 Å². The molecule has 0 heterocycles. The number of hydrogen-bond acceptors (Lipinski definition) is 1. The van der Waals surface area contributed by atoms with Crippen molar-refractivity contribution in [3.63, 3.8) is 0 Å². The van der Waals surface area contributed by atoms with Crippen LogP contribution in [0.1, 0.15) is 47.7 Å². The molecule has 0 saturated heterocycles. The summed E-state index contributed by atoms with van der Waals surface area (Å²) < 4.78 is 0.810. The molecule has 0 bridgehead atoms. The second-order valence-electron chi connectivity index (χ2n) is 4.92. The van der Waals surface area contributed by atoms with E-state index in [4.69, 9.17) is 11.6 Å². The van der Waals surface area contributed by atoms with Gasteiger partial charge in [-0.05, 0) is 36.1 Å². The Morgan fingerprint density at radius 3 is 2.35 bits per heavy atom. The summed E-state index contributed by atoms with van der Waals surface area (Å²) in [5.41, 5.74) is 2.54. The number of hydrogen-bond donors (Lipinski definition) is 0. The van der Waals surface area contributed by atoms with Crippen LogP contribution in [0.3, 0.4) is 0 Å². The van der Waals surface area contributed by atoms with Crippen LogP contribution < -0.4 is 0 Å². The van der Waals surface area contributed by atoms with Gasteiger partial charge in [-0.2, -0.15) is 0 Å². The van der Waals surface area contributed by atoms with Gasteiger partial charge in [-0.3, -0.25) is 4.79 Å². The maximum atomic E-state index is 12.4. The Hall–Kier alpha value is -1.12. The molecule has 2 aromatic rings. The van der Waals surface area contributed by atoms with Crippen LogP contribution in [-0.2, 0) is 0 Å². The Kier molecular flexibility index (Phi) is 5.00. The number of ketones is 1. The van der Waals surface area contributed by atoms with Gasteiger partial charge < -0.3 is 0 Å². The van der Waals surface area contributed by atoms with Crippen LogP contribution in [0.15, 0.2) is 46.9 Å². The molecule has 0 spiro atoms. The highest BCUT2D eigenvalue weighted by Gasteiger charge is 2.11. The van der Waals surface area contributed by atoms with Crippen molar-refractivity contribution in [2.75, 3.05) is 0 Å². The molecule has 1 nitrogen and oxygen atoms in total. The molecule has 3 heteroatoms. The molecule has 0 aliphatic carbocycles. The van der Waals surface area contributed by atoms with Crippen molar-refractivity contribution >= 4 is 33.3 Å². The molecule has 0 radical (unpaired) electrons. The molecule has 1 atom stereocenters. The summed E-state index contributed by atoms with van der Waals surface area (Å²) in [5, 5.41) is 0.555. The van der Waals surface area contributed by atoms with Gasteiger partial charge >= 0.3 is 0 Å². The van der Waals surface area contributed by atoms with Gasteiger partial charge in [-0.15, -0.1) is 0 Å². The predicted molar refractivity (Wildman–Crippen MR) is 87.7 cm³/mol. The van der Waals surface area contributed by atoms with Crippen LogP contribution in [0.5, 0.6) is 0 Å². The third kappa shape index (κ3) is 3.50. The highest BCUT2D eigenvalue weighted by molar-refractivity contribution is 9.10. The summed E-state index contributed by atoms with van der Waals surface area (Å²) in [7, 11) is 0. The average Bonchev–Trinajstić information content (AvgIpc) is 2.45. The standard InChI is InChI=1S/C17H16BrClO/c1-3-11(2)12-4-6-13(7-5-12)17(20)14-8-15(18)10-16(19)9-14/h4-11H,3H2,1-2H3. The van der Waals surface area contributed by atoms with Crippen molar-refractivity contribution < 1.29 is 4.79 Å². The highest BCUT2D eigenvalue weighted by atomic mass is 79.9. The lowest BCUT2D eigenvalue weighted by Crippen LogP contribution is -2.02. The first-order valence-electron chi connectivity index (χ1n) is 6.62. The Labute approximate surface area is 133 Å². The van der Waals surface area contributed by atoms with E-state index >= 15 is 0 Å². The first-order valence-corrected chi connectivity index (χ1v) is 7.79. The van der Waals surface area contributed by atoms with Crippen LogP contribution in [0.4, 0.5) is 0 Å². The summed E-state index contributed by atoms with van der Waals surface area (Å²) >= 11 is 9.34. The third-order valence-corrected chi connectivity index (χ3v) is 4.16. The zero-order valence-electron chi connectivity index (χ0n) is 11.5. The van der Waals surface area contributed by atoms with Gasteiger partial charge in [0.15, 0.2) is 5.78 Å². The average molecular weight is 352 g/mol. The summed E-state index contributed by atoms with van der Waals surface area (Å²) in [6, 6.07) is 13.1. The van der Waals surface area contributed by atoms with E-state index in [0.717, 1.165) is 10.9 Å². The summed E-state index contributed by atoms with van der Waals surface area (Å²) in [5.74, 6) is 0.503. The molecule has 0 aliphatic heterocycles. The van der Waals surface area contributed by atoms with Crippen molar-refractivity contribution in [2.24, 2.45) is 0 Å². The number of benzene rings is 2. The topological polar surface area (TPSA) is 17.1 Å². The Bertz CT molecular complexity index is 599. The molecule has 104 valence electrons. The molecule has 2 aromatic carbocycles. The van der Waals surface area contributed by atoms with Gasteiger partial charge in [0.2, 0.25) is 0 Å². The van der Waals surface area contributed by atoms with Gasteiger partial charge in [0.1, 0.15) is 0 Å². The SMILES string of the molecule is CCC(C)c1ccc(C(=O)c2cc(Cl)cc(Br)c2)cc1. The zero-order chi connectivity index (χ0) is 14.7. The minimum Gasteiger partial charge on any atom is -0.289 e. The predicted octanol–water partition coefficient (Wildman–Crippen LogP) is 5.85. The van der Waals surface area contributed by atoms with Crippen molar-refractivity contribution in [3.8, 4) is 0 Å². The summed E-state index contributed by atoms with van der Waals surface area (Å²) in [6.45, 7) is 4.35. The summed E-state index contributed by atoms with van der Waals surface area (Å²) in [4.78, 5) is 12.4. The first kappa shape index (κ1) is 15.3. The molecule has 20 heavy (non-hydrogen) atoms. The van der Waals surface area contributed by atoms with Crippen molar-refractivity contribution in [2.45, 2.75) is 26.2 Å². The molecule has 1 unspecified atom stereocenters. The smallest absolute Gasteiger partial charge is 0.193 e. The minimum atomic E-state index is -0.0103. The van der Waals surface area contributed by atoms with Gasteiger partial charge in [-0.25, -0.2) is 0 Å². The van der Waals surface area contributed by atoms with Crippen molar-refractivity contribution in [1.29, 1.82) is 0 Å². The van der Waals surface area contributed by atoms with Gasteiger partial charge in [-0.1, -0.05) is 65.6 Å². The number of carbonyl (C=O) groups is 1. The number of carbonyl (C=O) groups excluding carboxylic acids is 1. The molecular weight excluding hydrogens is 336 g/mol. The van der Waals surface area contributed by atoms with Crippen molar-refractivity contribution in [1.82, 2.24) is 0 Å². The molecule has 0 aliphatic rings. The molecule has 0 fully saturated rings. The number of halogens is 2. The highest BCUT2D eigenvalue weighted by Crippen LogP contribution is 2.23. The van der Waals surface area contributed by atoms with E-state index in [2.05, 4.69) is 29.8 Å². The van der Waals surface area contributed by atoms with Crippen molar-refractivity contribution in [3.05, 3.63) is 68.7 Å². The fraction of sp³-hybridized carbons (Fsp3) is 0.235. The fourth-order valence-corrected chi connectivity index (χ4v) is 2.91. The van der Waals surface area contributed by atoms with E-state index in [1.54, 1.807) is 18.2 Å². The Balaban J connectivity index is 2.29. The van der Waals surface area contributed by atoms with E-state index in [1.807, 2.05) is 24.3 Å². The van der Waals surface area contributed by atoms with E-state index in [1.165, 1.54) is 5.56 Å². The minimum absolute atomic E-state index is 0.0103. The molecule has 0 saturated carbocycles. The van der Waals surface area contributed by atoms with Gasteiger partial charge in [0.05, 0.1) is 0 Å². The largest absolute Gasteiger partial charge is 0.289 e. The number of rotatable bonds is 4. The molecule has 0 amide bonds. The van der Waals surface area contributed by atoms with Gasteiger partial charge in [0, 0.05) is 20.6 Å². The maximum Gasteiger partial charge on any atom is 0.193 e. The van der Waals surface area contributed by atoms with E-state index in [9.17, 15) is 4.79 Å². The third-order valence-electron chi connectivity index (χ3n) is 3.48. The first-order chi connectivity index (χ1) is 9.51. The lowest BCUT2D eigenvalue weighted by atomic mass is 9.95. The van der Waals surface area contributed by atoms with E-state index in [-0.39, 0.29) is 5.78 Å². The summed E-state index contributed by atoms with van der Waals surface area (Å²) in [6.07, 6.45) is 1.09.